The summed E-state index contributed by atoms with van der Waals surface area (Å²) in [5.41, 5.74) is 13.9. The summed E-state index contributed by atoms with van der Waals surface area (Å²) >= 11 is 0. The highest BCUT2D eigenvalue weighted by molar-refractivity contribution is 5.39. The predicted octanol–water partition coefficient (Wildman–Crippen LogP) is 1.88. The van der Waals surface area contributed by atoms with Gasteiger partial charge in [-0.2, -0.15) is 5.26 Å². The number of ether oxygens (including phenoxy) is 1. The second kappa shape index (κ2) is 5.47. The van der Waals surface area contributed by atoms with E-state index in [1.807, 2.05) is 30.3 Å². The normalized spacial score (nSPS) is 29.7. The molecule has 1 fully saturated rings. The van der Waals surface area contributed by atoms with Crippen molar-refractivity contribution in [2.24, 2.45) is 11.7 Å². The van der Waals surface area contributed by atoms with Crippen LogP contribution in [0.3, 0.4) is 0 Å². The number of hydrogen-bond donors (Lipinski definition) is 3. The zero-order chi connectivity index (χ0) is 15.8. The number of hydrazine groups is 1. The lowest BCUT2D eigenvalue weighted by Gasteiger charge is -2.34. The van der Waals surface area contributed by atoms with Crippen LogP contribution in [0, 0.1) is 17.2 Å². The van der Waals surface area contributed by atoms with Crippen molar-refractivity contribution in [1.82, 2.24) is 10.9 Å². The fourth-order valence-corrected chi connectivity index (χ4v) is 3.45. The van der Waals surface area contributed by atoms with Crippen molar-refractivity contribution < 1.29 is 9.15 Å². The molecule has 4 N–H and O–H groups in total. The van der Waals surface area contributed by atoms with Crippen LogP contribution in [0.4, 0.5) is 0 Å². The predicted molar refractivity (Wildman–Crippen MR) is 82.1 cm³/mol. The minimum Gasteiger partial charge on any atom is -0.469 e. The number of nitrogens with one attached hydrogen (secondary N) is 2. The number of furan rings is 1. The zero-order valence-corrected chi connectivity index (χ0v) is 12.3. The molecule has 4 rings (SSSR count). The maximum atomic E-state index is 9.56. The first kappa shape index (κ1) is 13.9. The lowest BCUT2D eigenvalue weighted by Crippen LogP contribution is -2.40. The molecule has 2 aliphatic heterocycles. The van der Waals surface area contributed by atoms with Crippen molar-refractivity contribution in [2.75, 3.05) is 0 Å². The average molecular weight is 308 g/mol. The smallest absolute Gasteiger partial charge is 0.200 e. The maximum absolute atomic E-state index is 9.56. The summed E-state index contributed by atoms with van der Waals surface area (Å²) in [6.07, 6.45) is 1.28. The van der Waals surface area contributed by atoms with E-state index in [1.165, 1.54) is 0 Å². The molecular formula is C17H16N4O2. The molecule has 4 atom stereocenters. The first-order chi connectivity index (χ1) is 11.3. The van der Waals surface area contributed by atoms with Gasteiger partial charge in [-0.1, -0.05) is 30.3 Å². The molecule has 4 unspecified atom stereocenters. The first-order valence-corrected chi connectivity index (χ1v) is 7.45. The van der Waals surface area contributed by atoms with Gasteiger partial charge in [-0.25, -0.2) is 10.9 Å². The Labute approximate surface area is 133 Å². The van der Waals surface area contributed by atoms with Crippen LogP contribution < -0.4 is 16.6 Å². The zero-order valence-electron chi connectivity index (χ0n) is 12.3. The van der Waals surface area contributed by atoms with E-state index in [4.69, 9.17) is 14.9 Å². The van der Waals surface area contributed by atoms with E-state index >= 15 is 0 Å². The molecule has 0 radical (unpaired) electrons. The van der Waals surface area contributed by atoms with Gasteiger partial charge in [-0.15, -0.1) is 0 Å². The molecule has 0 aliphatic carbocycles. The molecule has 1 saturated heterocycles. The SMILES string of the molecule is N#CC1=C(N)OC2NNC(c3ccccc3)C2C1c1ccco1. The van der Waals surface area contributed by atoms with Crippen molar-refractivity contribution in [3.63, 3.8) is 0 Å². The highest BCUT2D eigenvalue weighted by Crippen LogP contribution is 2.47. The van der Waals surface area contributed by atoms with E-state index in [9.17, 15) is 5.26 Å². The van der Waals surface area contributed by atoms with Gasteiger partial charge >= 0.3 is 0 Å². The summed E-state index contributed by atoms with van der Waals surface area (Å²) in [4.78, 5) is 0. The third kappa shape index (κ3) is 2.18. The Morgan fingerprint density at radius 1 is 1.09 bits per heavy atom. The molecule has 6 nitrogen and oxygen atoms in total. The van der Waals surface area contributed by atoms with Gasteiger partial charge < -0.3 is 14.9 Å². The van der Waals surface area contributed by atoms with Gasteiger partial charge in [0.1, 0.15) is 17.4 Å². The van der Waals surface area contributed by atoms with E-state index in [1.54, 1.807) is 6.26 Å². The Kier molecular flexibility index (Phi) is 3.30. The molecule has 1 aromatic heterocycles. The third-order valence-electron chi connectivity index (χ3n) is 4.46. The Bertz CT molecular complexity index is 764. The van der Waals surface area contributed by atoms with Crippen LogP contribution in [-0.4, -0.2) is 6.23 Å². The summed E-state index contributed by atoms with van der Waals surface area (Å²) in [7, 11) is 0. The van der Waals surface area contributed by atoms with Gasteiger partial charge in [-0.3, -0.25) is 0 Å². The van der Waals surface area contributed by atoms with Crippen molar-refractivity contribution in [3.05, 3.63) is 71.5 Å². The molecule has 0 bridgehead atoms. The minimum absolute atomic E-state index is 0.0206. The highest BCUT2D eigenvalue weighted by atomic mass is 16.5. The van der Waals surface area contributed by atoms with Crippen LogP contribution in [0.2, 0.25) is 0 Å². The van der Waals surface area contributed by atoms with Gasteiger partial charge in [-0.05, 0) is 17.7 Å². The summed E-state index contributed by atoms with van der Waals surface area (Å²) < 4.78 is 11.3. The Morgan fingerprint density at radius 3 is 2.61 bits per heavy atom. The van der Waals surface area contributed by atoms with Crippen molar-refractivity contribution in [1.29, 1.82) is 5.26 Å². The molecule has 0 saturated carbocycles. The molecule has 2 aromatic rings. The Morgan fingerprint density at radius 2 is 1.91 bits per heavy atom. The third-order valence-corrected chi connectivity index (χ3v) is 4.46. The topological polar surface area (TPSA) is 96.2 Å². The highest BCUT2D eigenvalue weighted by Gasteiger charge is 2.50. The molecule has 6 heteroatoms. The molecule has 3 heterocycles. The second-order valence-corrected chi connectivity index (χ2v) is 5.68. The van der Waals surface area contributed by atoms with Gasteiger partial charge in [0, 0.05) is 5.92 Å². The summed E-state index contributed by atoms with van der Waals surface area (Å²) in [6, 6.07) is 15.9. The summed E-state index contributed by atoms with van der Waals surface area (Å²) in [5.74, 6) is 0.555. The molecule has 0 amide bonds. The van der Waals surface area contributed by atoms with Crippen LogP contribution in [-0.2, 0) is 4.74 Å². The summed E-state index contributed by atoms with van der Waals surface area (Å²) in [6.45, 7) is 0. The number of nitrogens with two attached hydrogens (primary N) is 1. The first-order valence-electron chi connectivity index (χ1n) is 7.45. The van der Waals surface area contributed by atoms with Crippen molar-refractivity contribution in [3.8, 4) is 6.07 Å². The van der Waals surface area contributed by atoms with Crippen LogP contribution in [0.25, 0.3) is 0 Å². The van der Waals surface area contributed by atoms with E-state index in [0.29, 0.717) is 11.3 Å². The second-order valence-electron chi connectivity index (χ2n) is 5.68. The number of hydrogen-bond acceptors (Lipinski definition) is 6. The fraction of sp³-hybridized carbons (Fsp3) is 0.235. The van der Waals surface area contributed by atoms with E-state index in [0.717, 1.165) is 5.56 Å². The maximum Gasteiger partial charge on any atom is 0.200 e. The van der Waals surface area contributed by atoms with Gasteiger partial charge in [0.05, 0.1) is 18.2 Å². The number of fused-ring (bicyclic) bond motifs is 1. The molecule has 116 valence electrons. The van der Waals surface area contributed by atoms with Crippen LogP contribution in [0.5, 0.6) is 0 Å². The molecule has 1 aromatic carbocycles. The van der Waals surface area contributed by atoms with Gasteiger partial charge in [0.15, 0.2) is 6.23 Å². The number of rotatable bonds is 2. The lowest BCUT2D eigenvalue weighted by molar-refractivity contribution is 0.0309. The molecule has 23 heavy (non-hydrogen) atoms. The molecular weight excluding hydrogens is 292 g/mol. The quantitative estimate of drug-likeness (QED) is 0.784. The van der Waals surface area contributed by atoms with Crippen molar-refractivity contribution in [2.45, 2.75) is 18.2 Å². The van der Waals surface area contributed by atoms with E-state index < -0.39 is 0 Å². The Balaban J connectivity index is 1.81. The van der Waals surface area contributed by atoms with Crippen molar-refractivity contribution >= 4 is 0 Å². The number of nitrogens with zero attached hydrogens (tertiary/aromatic N) is 1. The van der Waals surface area contributed by atoms with E-state index in [-0.39, 0.29) is 30.0 Å². The number of nitriles is 1. The van der Waals surface area contributed by atoms with Crippen LogP contribution in [0.15, 0.2) is 64.6 Å². The minimum atomic E-state index is -0.326. The van der Waals surface area contributed by atoms with Gasteiger partial charge in [0.25, 0.3) is 0 Å². The van der Waals surface area contributed by atoms with Crippen LogP contribution in [0.1, 0.15) is 23.3 Å². The lowest BCUT2D eigenvalue weighted by atomic mass is 9.76. The Hall–Kier alpha value is -2.75. The molecule has 2 aliphatic rings. The van der Waals surface area contributed by atoms with Crippen LogP contribution >= 0.6 is 0 Å². The largest absolute Gasteiger partial charge is 0.469 e. The molecule has 0 spiro atoms. The number of allylic oxidation sites excluding steroid dienone is 1. The van der Waals surface area contributed by atoms with Gasteiger partial charge in [0.2, 0.25) is 5.88 Å². The fourth-order valence-electron chi connectivity index (χ4n) is 3.45. The number of benzene rings is 1. The standard InChI is InChI=1S/C17H16N4O2/c18-9-11-13(12-7-4-8-22-12)14-15(10-5-2-1-3-6-10)20-21-17(14)23-16(11)19/h1-8,13-15,17,20-21H,19H2. The summed E-state index contributed by atoms with van der Waals surface area (Å²) in [5, 5.41) is 9.56. The van der Waals surface area contributed by atoms with E-state index in [2.05, 4.69) is 29.1 Å². The monoisotopic (exact) mass is 308 g/mol. The average Bonchev–Trinajstić information content (AvgIpc) is 3.24.